The lowest BCUT2D eigenvalue weighted by atomic mass is 9.81. The molecule has 0 bridgehead atoms. The SMILES string of the molecule is COC(=O)CCc1cc(Cc2cc(C(C)(C)C)cc(C)c2O)c(O)c(C(C)(C)C)c1. The summed E-state index contributed by atoms with van der Waals surface area (Å²) in [6.45, 7) is 14.5. The van der Waals surface area contributed by atoms with Crippen LogP contribution >= 0.6 is 0 Å². The van der Waals surface area contributed by atoms with Gasteiger partial charge in [-0.25, -0.2) is 0 Å². The summed E-state index contributed by atoms with van der Waals surface area (Å²) < 4.78 is 4.77. The highest BCUT2D eigenvalue weighted by Crippen LogP contribution is 2.38. The van der Waals surface area contributed by atoms with Gasteiger partial charge in [0.1, 0.15) is 11.5 Å². The minimum Gasteiger partial charge on any atom is -0.507 e. The van der Waals surface area contributed by atoms with Crippen molar-refractivity contribution >= 4 is 5.97 Å². The average Bonchev–Trinajstić information content (AvgIpc) is 2.63. The summed E-state index contributed by atoms with van der Waals surface area (Å²) >= 11 is 0. The van der Waals surface area contributed by atoms with Gasteiger partial charge in [-0.1, -0.05) is 65.8 Å². The maximum Gasteiger partial charge on any atom is 0.305 e. The second-order valence-electron chi connectivity index (χ2n) is 10.2. The lowest BCUT2D eigenvalue weighted by Gasteiger charge is -2.25. The van der Waals surface area contributed by atoms with E-state index in [2.05, 4.69) is 41.5 Å². The third-order valence-electron chi connectivity index (χ3n) is 5.53. The Morgan fingerprint density at radius 2 is 1.50 bits per heavy atom. The zero-order valence-electron chi connectivity index (χ0n) is 19.6. The number of hydrogen-bond acceptors (Lipinski definition) is 4. The number of esters is 1. The number of carbonyl (C=O) groups excluding carboxylic acids is 1. The van der Waals surface area contributed by atoms with Gasteiger partial charge in [0.15, 0.2) is 0 Å². The predicted molar refractivity (Wildman–Crippen MR) is 121 cm³/mol. The minimum absolute atomic E-state index is 0.0474. The van der Waals surface area contributed by atoms with E-state index in [9.17, 15) is 15.0 Å². The summed E-state index contributed by atoms with van der Waals surface area (Å²) in [6, 6.07) is 7.95. The van der Waals surface area contributed by atoms with Crippen LogP contribution in [0.4, 0.5) is 0 Å². The molecule has 4 nitrogen and oxygen atoms in total. The summed E-state index contributed by atoms with van der Waals surface area (Å²) in [5.74, 6) is 0.260. The summed E-state index contributed by atoms with van der Waals surface area (Å²) in [6.07, 6.45) is 1.24. The molecule has 0 heterocycles. The first-order valence-corrected chi connectivity index (χ1v) is 10.5. The Labute approximate surface area is 180 Å². The van der Waals surface area contributed by atoms with Gasteiger partial charge in [0.25, 0.3) is 0 Å². The Kier molecular flexibility index (Phi) is 6.90. The molecule has 0 saturated heterocycles. The van der Waals surface area contributed by atoms with Crippen LogP contribution in [-0.2, 0) is 33.2 Å². The first-order valence-electron chi connectivity index (χ1n) is 10.5. The fourth-order valence-electron chi connectivity index (χ4n) is 3.59. The van der Waals surface area contributed by atoms with E-state index in [4.69, 9.17) is 4.74 Å². The normalized spacial score (nSPS) is 12.1. The Morgan fingerprint density at radius 3 is 2.03 bits per heavy atom. The monoisotopic (exact) mass is 412 g/mol. The first kappa shape index (κ1) is 23.8. The highest BCUT2D eigenvalue weighted by molar-refractivity contribution is 5.69. The van der Waals surface area contributed by atoms with Gasteiger partial charge in [-0.05, 0) is 57.6 Å². The van der Waals surface area contributed by atoms with E-state index >= 15 is 0 Å². The van der Waals surface area contributed by atoms with Gasteiger partial charge in [-0.2, -0.15) is 0 Å². The van der Waals surface area contributed by atoms with E-state index < -0.39 is 0 Å². The number of hydrogen-bond donors (Lipinski definition) is 2. The van der Waals surface area contributed by atoms with E-state index in [0.717, 1.165) is 33.4 Å². The van der Waals surface area contributed by atoms with E-state index in [1.54, 1.807) is 0 Å². The van der Waals surface area contributed by atoms with Crippen LogP contribution in [0.5, 0.6) is 11.5 Å². The Balaban J connectivity index is 2.56. The largest absolute Gasteiger partial charge is 0.507 e. The van der Waals surface area contributed by atoms with E-state index in [1.165, 1.54) is 7.11 Å². The van der Waals surface area contributed by atoms with Gasteiger partial charge >= 0.3 is 5.97 Å². The van der Waals surface area contributed by atoms with Crippen LogP contribution in [0.2, 0.25) is 0 Å². The molecule has 164 valence electrons. The molecule has 0 amide bonds. The number of phenolic OH excluding ortho intramolecular Hbond substituents is 2. The number of carbonyl (C=O) groups is 1. The van der Waals surface area contributed by atoms with Crippen molar-refractivity contribution < 1.29 is 19.7 Å². The van der Waals surface area contributed by atoms with Crippen molar-refractivity contribution in [3.8, 4) is 11.5 Å². The number of methoxy groups -OCH3 is 1. The van der Waals surface area contributed by atoms with E-state index in [0.29, 0.717) is 12.8 Å². The van der Waals surface area contributed by atoms with Gasteiger partial charge in [-0.15, -0.1) is 0 Å². The molecule has 0 fully saturated rings. The van der Waals surface area contributed by atoms with Gasteiger partial charge in [-0.3, -0.25) is 4.79 Å². The third-order valence-corrected chi connectivity index (χ3v) is 5.53. The number of aromatic hydroxyl groups is 2. The van der Waals surface area contributed by atoms with Gasteiger partial charge in [0.2, 0.25) is 0 Å². The van der Waals surface area contributed by atoms with Crippen molar-refractivity contribution in [1.82, 2.24) is 0 Å². The fourth-order valence-corrected chi connectivity index (χ4v) is 3.59. The minimum atomic E-state index is -0.259. The van der Waals surface area contributed by atoms with E-state index in [1.807, 2.05) is 31.2 Å². The molecule has 4 heteroatoms. The zero-order chi connectivity index (χ0) is 22.9. The molecular weight excluding hydrogens is 376 g/mol. The van der Waals surface area contributed by atoms with E-state index in [-0.39, 0.29) is 34.7 Å². The lowest BCUT2D eigenvalue weighted by molar-refractivity contribution is -0.140. The van der Waals surface area contributed by atoms with Crippen LogP contribution in [0.1, 0.15) is 81.3 Å². The quantitative estimate of drug-likeness (QED) is 0.619. The van der Waals surface area contributed by atoms with Crippen LogP contribution < -0.4 is 0 Å². The molecule has 0 aliphatic rings. The molecule has 0 aromatic heterocycles. The van der Waals surface area contributed by atoms with Crippen LogP contribution in [0.15, 0.2) is 24.3 Å². The molecule has 0 saturated carbocycles. The second kappa shape index (κ2) is 8.71. The van der Waals surface area contributed by atoms with Crippen molar-refractivity contribution in [2.45, 2.75) is 78.6 Å². The zero-order valence-corrected chi connectivity index (χ0v) is 19.6. The number of aryl methyl sites for hydroxylation is 2. The molecule has 0 spiro atoms. The molecule has 2 aromatic rings. The Bertz CT molecular complexity index is 928. The van der Waals surface area contributed by atoms with Crippen molar-refractivity contribution in [3.05, 3.63) is 57.6 Å². The molecular formula is C26H36O4. The summed E-state index contributed by atoms with van der Waals surface area (Å²) in [5, 5.41) is 21.8. The highest BCUT2D eigenvalue weighted by atomic mass is 16.5. The van der Waals surface area contributed by atoms with Gasteiger partial charge < -0.3 is 14.9 Å². The standard InChI is InChI=1S/C26H36O4/c1-16-11-20(25(2,3)4)15-19(23(16)28)14-18-12-17(9-10-22(27)30-8)13-21(24(18)29)26(5,6)7/h11-13,15,28-29H,9-10,14H2,1-8H3. The lowest BCUT2D eigenvalue weighted by Crippen LogP contribution is -2.14. The number of rotatable bonds is 5. The molecule has 0 aliphatic carbocycles. The Hall–Kier alpha value is -2.49. The topological polar surface area (TPSA) is 66.8 Å². The number of ether oxygens (including phenoxy) is 1. The summed E-state index contributed by atoms with van der Waals surface area (Å²) in [7, 11) is 1.39. The molecule has 2 rings (SSSR count). The molecule has 2 N–H and O–H groups in total. The highest BCUT2D eigenvalue weighted by Gasteiger charge is 2.23. The smallest absolute Gasteiger partial charge is 0.305 e. The average molecular weight is 413 g/mol. The predicted octanol–water partition coefficient (Wildman–Crippen LogP) is 5.70. The van der Waals surface area contributed by atoms with Crippen LogP contribution in [-0.4, -0.2) is 23.3 Å². The van der Waals surface area contributed by atoms with Gasteiger partial charge in [0.05, 0.1) is 7.11 Å². The van der Waals surface area contributed by atoms with Crippen molar-refractivity contribution in [2.24, 2.45) is 0 Å². The van der Waals surface area contributed by atoms with Crippen molar-refractivity contribution in [3.63, 3.8) is 0 Å². The fraction of sp³-hybridized carbons (Fsp3) is 0.500. The maximum atomic E-state index is 11.6. The molecule has 30 heavy (non-hydrogen) atoms. The first-order chi connectivity index (χ1) is 13.7. The van der Waals surface area contributed by atoms with Crippen LogP contribution in [0, 0.1) is 6.92 Å². The molecule has 0 unspecified atom stereocenters. The van der Waals surface area contributed by atoms with Crippen LogP contribution in [0.3, 0.4) is 0 Å². The van der Waals surface area contributed by atoms with Crippen LogP contribution in [0.25, 0.3) is 0 Å². The maximum absolute atomic E-state index is 11.6. The summed E-state index contributed by atoms with van der Waals surface area (Å²) in [5.41, 5.74) is 5.02. The number of benzene rings is 2. The second-order valence-corrected chi connectivity index (χ2v) is 10.2. The van der Waals surface area contributed by atoms with Crippen molar-refractivity contribution in [2.75, 3.05) is 7.11 Å². The third kappa shape index (κ3) is 5.56. The Morgan fingerprint density at radius 1 is 0.900 bits per heavy atom. The molecule has 0 radical (unpaired) electrons. The summed E-state index contributed by atoms with van der Waals surface area (Å²) in [4.78, 5) is 11.6. The molecule has 2 aromatic carbocycles. The van der Waals surface area contributed by atoms with Crippen molar-refractivity contribution in [1.29, 1.82) is 0 Å². The van der Waals surface area contributed by atoms with Gasteiger partial charge in [0, 0.05) is 12.8 Å². The molecule has 0 atom stereocenters. The molecule has 0 aliphatic heterocycles. The number of phenols is 2.